The summed E-state index contributed by atoms with van der Waals surface area (Å²) in [6, 6.07) is -0.491. The minimum atomic E-state index is -1.06. The highest BCUT2D eigenvalue weighted by atomic mass is 16.3. The summed E-state index contributed by atoms with van der Waals surface area (Å²) in [5.74, 6) is -0.128. The summed E-state index contributed by atoms with van der Waals surface area (Å²) < 4.78 is 1.59. The van der Waals surface area contributed by atoms with Crippen LogP contribution in [0, 0.1) is 11.3 Å². The van der Waals surface area contributed by atoms with Gasteiger partial charge in [0, 0.05) is 5.41 Å². The molecule has 0 spiro atoms. The molecule has 2 fully saturated rings. The van der Waals surface area contributed by atoms with Crippen LogP contribution in [0.3, 0.4) is 0 Å². The van der Waals surface area contributed by atoms with Crippen molar-refractivity contribution in [3.63, 3.8) is 0 Å². The first kappa shape index (κ1) is 13.7. The first-order valence-corrected chi connectivity index (χ1v) is 7.19. The van der Waals surface area contributed by atoms with Crippen LogP contribution in [-0.2, 0) is 0 Å². The molecule has 5 atom stereocenters. The molecule has 2 saturated carbocycles. The number of H-pyrrole nitrogens is 1. The van der Waals surface area contributed by atoms with E-state index < -0.39 is 29.2 Å². The Balaban J connectivity index is 1.88. The summed E-state index contributed by atoms with van der Waals surface area (Å²) in [6.07, 6.45) is 0.791. The zero-order chi connectivity index (χ0) is 15.6. The van der Waals surface area contributed by atoms with E-state index in [4.69, 9.17) is 5.73 Å². The number of aliphatic hydroxyl groups is 3. The number of nitrogens with two attached hydrogens (primary N) is 1. The predicted molar refractivity (Wildman–Crippen MR) is 75.9 cm³/mol. The van der Waals surface area contributed by atoms with Crippen molar-refractivity contribution in [2.75, 3.05) is 12.3 Å². The summed E-state index contributed by atoms with van der Waals surface area (Å²) in [7, 11) is 0. The molecule has 9 heteroatoms. The number of aromatic nitrogens is 4. The molecule has 118 valence electrons. The molecule has 0 saturated heterocycles. The Morgan fingerprint density at radius 3 is 2.86 bits per heavy atom. The fourth-order valence-electron chi connectivity index (χ4n) is 4.13. The molecule has 9 nitrogen and oxygen atoms in total. The molecule has 0 aromatic carbocycles. The first-order valence-electron chi connectivity index (χ1n) is 7.19. The van der Waals surface area contributed by atoms with E-state index in [9.17, 15) is 20.1 Å². The monoisotopic (exact) mass is 307 g/mol. The van der Waals surface area contributed by atoms with Gasteiger partial charge in [-0.3, -0.25) is 9.78 Å². The average Bonchev–Trinajstić information content (AvgIpc) is 2.92. The molecule has 0 amide bonds. The lowest BCUT2D eigenvalue weighted by atomic mass is 9.60. The van der Waals surface area contributed by atoms with E-state index in [1.807, 2.05) is 0 Å². The van der Waals surface area contributed by atoms with Crippen molar-refractivity contribution in [1.82, 2.24) is 19.5 Å². The van der Waals surface area contributed by atoms with Gasteiger partial charge in [-0.1, -0.05) is 0 Å². The molecule has 4 rings (SSSR count). The second-order valence-corrected chi connectivity index (χ2v) is 6.24. The summed E-state index contributed by atoms with van der Waals surface area (Å²) >= 11 is 0. The molecule has 6 N–H and O–H groups in total. The minimum absolute atomic E-state index is 0.0330. The van der Waals surface area contributed by atoms with Crippen LogP contribution in [-0.4, -0.2) is 53.7 Å². The number of imidazole rings is 1. The second kappa shape index (κ2) is 4.28. The lowest BCUT2D eigenvalue weighted by molar-refractivity contribution is -0.0989. The van der Waals surface area contributed by atoms with Crippen LogP contribution in [0.15, 0.2) is 11.1 Å². The molecule has 2 aromatic rings. The van der Waals surface area contributed by atoms with Crippen LogP contribution in [0.1, 0.15) is 18.9 Å². The van der Waals surface area contributed by atoms with Gasteiger partial charge in [0.05, 0.1) is 25.1 Å². The van der Waals surface area contributed by atoms with E-state index in [1.165, 1.54) is 6.33 Å². The smallest absolute Gasteiger partial charge is 0.280 e. The summed E-state index contributed by atoms with van der Waals surface area (Å²) in [4.78, 5) is 22.4. The first-order chi connectivity index (χ1) is 10.5. The van der Waals surface area contributed by atoms with Gasteiger partial charge in [-0.25, -0.2) is 4.98 Å². The van der Waals surface area contributed by atoms with Gasteiger partial charge >= 0.3 is 0 Å². The molecule has 22 heavy (non-hydrogen) atoms. The van der Waals surface area contributed by atoms with Gasteiger partial charge in [0.1, 0.15) is 6.10 Å². The van der Waals surface area contributed by atoms with Crippen molar-refractivity contribution in [1.29, 1.82) is 0 Å². The molecular formula is C13H17N5O4. The highest BCUT2D eigenvalue weighted by Gasteiger charge is 2.64. The Morgan fingerprint density at radius 1 is 1.50 bits per heavy atom. The van der Waals surface area contributed by atoms with Gasteiger partial charge in [-0.2, -0.15) is 4.98 Å². The Bertz CT molecular complexity index is 797. The van der Waals surface area contributed by atoms with Crippen molar-refractivity contribution in [2.45, 2.75) is 31.1 Å². The number of nitrogens with one attached hydrogen (secondary N) is 1. The summed E-state index contributed by atoms with van der Waals surface area (Å²) in [5.41, 5.74) is 4.86. The third kappa shape index (κ3) is 1.45. The third-order valence-corrected chi connectivity index (χ3v) is 5.40. The molecule has 0 aliphatic heterocycles. The number of fused-ring (bicyclic) bond motifs is 2. The molecule has 0 unspecified atom stereocenters. The van der Waals surface area contributed by atoms with Crippen molar-refractivity contribution < 1.29 is 15.3 Å². The van der Waals surface area contributed by atoms with Gasteiger partial charge in [0.15, 0.2) is 11.2 Å². The number of hydrogen-bond acceptors (Lipinski definition) is 7. The summed E-state index contributed by atoms with van der Waals surface area (Å²) in [5, 5.41) is 30.4. The molecule has 0 bridgehead atoms. The Kier molecular flexibility index (Phi) is 2.66. The molecule has 0 radical (unpaired) electrons. The maximum atomic E-state index is 11.8. The average molecular weight is 307 g/mol. The molecular weight excluding hydrogens is 290 g/mol. The number of nitrogen functional groups attached to an aromatic ring is 1. The summed E-state index contributed by atoms with van der Waals surface area (Å²) in [6.45, 7) is -0.185. The third-order valence-electron chi connectivity index (χ3n) is 5.40. The van der Waals surface area contributed by atoms with Gasteiger partial charge in [-0.15, -0.1) is 0 Å². The SMILES string of the molecule is Nc1nc2c(ncn2[C@H]2[C@H](O)[C@H](O)[C@]3(CO)CC[C@H]23)c(=O)[nH]1. The van der Waals surface area contributed by atoms with Crippen molar-refractivity contribution in [3.8, 4) is 0 Å². The van der Waals surface area contributed by atoms with Crippen molar-refractivity contribution in [3.05, 3.63) is 16.7 Å². The second-order valence-electron chi connectivity index (χ2n) is 6.24. The standard InChI is InChI=1S/C13H17N5O4/c14-12-16-10-6(11(22)17-12)15-4-18(10)7-5-1-2-13(5,3-19)9(21)8(7)20/h4-5,7-9,19-21H,1-3H2,(H3,14,16,17,22)/t5-,7-,8+,9+,13+/m1/s1. The van der Waals surface area contributed by atoms with Crippen LogP contribution in [0.4, 0.5) is 5.95 Å². The van der Waals surface area contributed by atoms with E-state index >= 15 is 0 Å². The van der Waals surface area contributed by atoms with E-state index in [-0.39, 0.29) is 29.6 Å². The Labute approximate surface area is 124 Å². The number of anilines is 1. The van der Waals surface area contributed by atoms with Crippen LogP contribution in [0.25, 0.3) is 11.2 Å². The molecule has 2 aliphatic rings. The highest BCUT2D eigenvalue weighted by molar-refractivity contribution is 5.70. The predicted octanol–water partition coefficient (Wildman–Crippen LogP) is -1.63. The van der Waals surface area contributed by atoms with Gasteiger partial charge in [0.2, 0.25) is 5.95 Å². The number of rotatable bonds is 2. The molecule has 2 heterocycles. The van der Waals surface area contributed by atoms with E-state index in [0.29, 0.717) is 6.42 Å². The number of hydrogen-bond donors (Lipinski definition) is 5. The number of nitrogens with zero attached hydrogens (tertiary/aromatic N) is 3. The van der Waals surface area contributed by atoms with E-state index in [0.717, 1.165) is 6.42 Å². The maximum Gasteiger partial charge on any atom is 0.280 e. The fourth-order valence-corrected chi connectivity index (χ4v) is 4.13. The normalized spacial score (nSPS) is 37.2. The van der Waals surface area contributed by atoms with Gasteiger partial charge in [-0.05, 0) is 18.8 Å². The fraction of sp³-hybridized carbons (Fsp3) is 0.615. The van der Waals surface area contributed by atoms with E-state index in [1.54, 1.807) is 4.57 Å². The number of aromatic amines is 1. The van der Waals surface area contributed by atoms with Crippen molar-refractivity contribution in [2.24, 2.45) is 11.3 Å². The van der Waals surface area contributed by atoms with Crippen LogP contribution < -0.4 is 11.3 Å². The number of aliphatic hydroxyl groups excluding tert-OH is 3. The highest BCUT2D eigenvalue weighted by Crippen LogP contribution is 2.61. The van der Waals surface area contributed by atoms with Crippen LogP contribution in [0.2, 0.25) is 0 Å². The Morgan fingerprint density at radius 2 is 2.27 bits per heavy atom. The molecule has 2 aliphatic carbocycles. The van der Waals surface area contributed by atoms with Crippen LogP contribution >= 0.6 is 0 Å². The minimum Gasteiger partial charge on any atom is -0.396 e. The zero-order valence-electron chi connectivity index (χ0n) is 11.7. The zero-order valence-corrected chi connectivity index (χ0v) is 11.7. The van der Waals surface area contributed by atoms with Gasteiger partial charge in [0.25, 0.3) is 5.56 Å². The quantitative estimate of drug-likeness (QED) is 0.447. The topological polar surface area (TPSA) is 150 Å². The largest absolute Gasteiger partial charge is 0.396 e. The van der Waals surface area contributed by atoms with Crippen molar-refractivity contribution >= 4 is 17.1 Å². The maximum absolute atomic E-state index is 11.8. The lowest BCUT2D eigenvalue weighted by Gasteiger charge is -2.46. The van der Waals surface area contributed by atoms with Crippen LogP contribution in [0.5, 0.6) is 0 Å². The molecule has 2 aromatic heterocycles. The van der Waals surface area contributed by atoms with E-state index in [2.05, 4.69) is 15.0 Å². The van der Waals surface area contributed by atoms with Gasteiger partial charge < -0.3 is 25.6 Å². The Hall–Kier alpha value is -1.97. The lowest BCUT2D eigenvalue weighted by Crippen LogP contribution is -2.48.